The van der Waals surface area contributed by atoms with E-state index in [9.17, 15) is 9.59 Å². The maximum atomic E-state index is 12.7. The quantitative estimate of drug-likeness (QED) is 0.821. The molecule has 2 aliphatic rings. The molecule has 2 N–H and O–H groups in total. The van der Waals surface area contributed by atoms with E-state index in [1.165, 1.54) is 0 Å². The largest absolute Gasteiger partial charge is 0.353 e. The number of hydrogen-bond donors (Lipinski definition) is 2. The van der Waals surface area contributed by atoms with Crippen molar-refractivity contribution in [3.63, 3.8) is 0 Å². The Hall–Kier alpha value is -1.10. The summed E-state index contributed by atoms with van der Waals surface area (Å²) >= 11 is 0. The van der Waals surface area contributed by atoms with Crippen LogP contribution in [0.1, 0.15) is 52.4 Å². The number of nitrogens with one attached hydrogen (secondary N) is 2. The molecule has 2 amide bonds. The van der Waals surface area contributed by atoms with Gasteiger partial charge in [0.1, 0.15) is 0 Å². The van der Waals surface area contributed by atoms with E-state index >= 15 is 0 Å². The zero-order valence-electron chi connectivity index (χ0n) is 13.4. The molecule has 5 nitrogen and oxygen atoms in total. The molecule has 0 aromatic heterocycles. The Kier molecular flexibility index (Phi) is 5.62. The number of nitrogens with zero attached hydrogens (tertiary/aromatic N) is 1. The Morgan fingerprint density at radius 2 is 2.05 bits per heavy atom. The lowest BCUT2D eigenvalue weighted by Crippen LogP contribution is -2.54. The third-order valence-electron chi connectivity index (χ3n) is 4.74. The van der Waals surface area contributed by atoms with E-state index in [2.05, 4.69) is 17.6 Å². The Labute approximate surface area is 127 Å². The molecule has 2 saturated heterocycles. The van der Waals surface area contributed by atoms with Crippen molar-refractivity contribution >= 4 is 11.8 Å². The summed E-state index contributed by atoms with van der Waals surface area (Å²) in [4.78, 5) is 26.3. The van der Waals surface area contributed by atoms with Crippen molar-refractivity contribution < 1.29 is 9.59 Å². The molecule has 0 aromatic rings. The highest BCUT2D eigenvalue weighted by Gasteiger charge is 2.38. The molecule has 0 spiro atoms. The minimum atomic E-state index is -0.240. The smallest absolute Gasteiger partial charge is 0.229 e. The standard InChI is InChI=1S/C16H29N3O2/c1-3-5-14(20)18-13-6-10-19(11-7-13)15(21)16(2)8-4-9-17-12-16/h13,17H,3-12H2,1-2H3,(H,18,20). The first-order chi connectivity index (χ1) is 10.0. The first-order valence-corrected chi connectivity index (χ1v) is 8.34. The highest BCUT2D eigenvalue weighted by Crippen LogP contribution is 2.29. The third-order valence-corrected chi connectivity index (χ3v) is 4.74. The van der Waals surface area contributed by atoms with Gasteiger partial charge in [-0.3, -0.25) is 9.59 Å². The molecular formula is C16H29N3O2. The maximum Gasteiger partial charge on any atom is 0.229 e. The Morgan fingerprint density at radius 1 is 1.33 bits per heavy atom. The summed E-state index contributed by atoms with van der Waals surface area (Å²) in [6, 6.07) is 0.241. The van der Waals surface area contributed by atoms with Crippen LogP contribution in [0.15, 0.2) is 0 Å². The average Bonchev–Trinajstić information content (AvgIpc) is 2.48. The zero-order valence-corrected chi connectivity index (χ0v) is 13.4. The van der Waals surface area contributed by atoms with Crippen LogP contribution in [-0.4, -0.2) is 48.9 Å². The van der Waals surface area contributed by atoms with Gasteiger partial charge in [-0.1, -0.05) is 6.92 Å². The van der Waals surface area contributed by atoms with Crippen LogP contribution in [0.4, 0.5) is 0 Å². The van der Waals surface area contributed by atoms with Gasteiger partial charge in [-0.15, -0.1) is 0 Å². The molecule has 1 unspecified atom stereocenters. The molecule has 0 saturated carbocycles. The monoisotopic (exact) mass is 295 g/mol. The van der Waals surface area contributed by atoms with Crippen molar-refractivity contribution in [1.82, 2.24) is 15.5 Å². The fraction of sp³-hybridized carbons (Fsp3) is 0.875. The number of carbonyl (C=O) groups excluding carboxylic acids is 2. The molecule has 1 atom stereocenters. The fourth-order valence-electron chi connectivity index (χ4n) is 3.37. The van der Waals surface area contributed by atoms with E-state index in [0.717, 1.165) is 58.3 Å². The van der Waals surface area contributed by atoms with Gasteiger partial charge in [-0.2, -0.15) is 0 Å². The molecule has 0 aromatic carbocycles. The van der Waals surface area contributed by atoms with Crippen LogP contribution in [0.25, 0.3) is 0 Å². The minimum absolute atomic E-state index is 0.144. The Morgan fingerprint density at radius 3 is 2.62 bits per heavy atom. The zero-order chi connectivity index (χ0) is 15.3. The van der Waals surface area contributed by atoms with Gasteiger partial charge in [0.15, 0.2) is 0 Å². The normalized spacial score (nSPS) is 27.4. The first-order valence-electron chi connectivity index (χ1n) is 8.34. The van der Waals surface area contributed by atoms with E-state index in [4.69, 9.17) is 0 Å². The predicted molar refractivity (Wildman–Crippen MR) is 82.9 cm³/mol. The average molecular weight is 295 g/mol. The molecule has 2 fully saturated rings. The molecule has 0 radical (unpaired) electrons. The lowest BCUT2D eigenvalue weighted by Gasteiger charge is -2.40. The van der Waals surface area contributed by atoms with Gasteiger partial charge < -0.3 is 15.5 Å². The fourth-order valence-corrected chi connectivity index (χ4v) is 3.37. The van der Waals surface area contributed by atoms with Crippen LogP contribution in [0.3, 0.4) is 0 Å². The van der Waals surface area contributed by atoms with E-state index < -0.39 is 0 Å². The van der Waals surface area contributed by atoms with Gasteiger partial charge in [-0.05, 0) is 45.6 Å². The molecule has 5 heteroatoms. The van der Waals surface area contributed by atoms with Gasteiger partial charge in [0.05, 0.1) is 5.41 Å². The summed E-state index contributed by atoms with van der Waals surface area (Å²) in [6.07, 6.45) is 5.30. The Bertz CT molecular complexity index is 370. The SMILES string of the molecule is CCCC(=O)NC1CCN(C(=O)C2(C)CCCNC2)CC1. The van der Waals surface area contributed by atoms with Crippen LogP contribution in [0.2, 0.25) is 0 Å². The van der Waals surface area contributed by atoms with E-state index in [0.29, 0.717) is 6.42 Å². The summed E-state index contributed by atoms with van der Waals surface area (Å²) in [5.74, 6) is 0.429. The molecule has 0 bridgehead atoms. The number of piperidine rings is 2. The first kappa shape index (κ1) is 16.3. The number of hydrogen-bond acceptors (Lipinski definition) is 3. The molecule has 21 heavy (non-hydrogen) atoms. The second-order valence-electron chi connectivity index (χ2n) is 6.72. The number of carbonyl (C=O) groups is 2. The molecule has 0 aliphatic carbocycles. The number of likely N-dealkylation sites (tertiary alicyclic amines) is 1. The third kappa shape index (κ3) is 4.19. The van der Waals surface area contributed by atoms with Crippen molar-refractivity contribution in [2.75, 3.05) is 26.2 Å². The number of amides is 2. The van der Waals surface area contributed by atoms with E-state index in [-0.39, 0.29) is 23.3 Å². The summed E-state index contributed by atoms with van der Waals surface area (Å²) in [5.41, 5.74) is -0.240. The lowest BCUT2D eigenvalue weighted by atomic mass is 9.81. The highest BCUT2D eigenvalue weighted by atomic mass is 16.2. The maximum absolute atomic E-state index is 12.7. The van der Waals surface area contributed by atoms with Gasteiger partial charge in [-0.25, -0.2) is 0 Å². The summed E-state index contributed by atoms with van der Waals surface area (Å²) in [5, 5.41) is 6.42. The summed E-state index contributed by atoms with van der Waals surface area (Å²) in [6.45, 7) is 7.45. The summed E-state index contributed by atoms with van der Waals surface area (Å²) < 4.78 is 0. The van der Waals surface area contributed by atoms with Gasteiger partial charge >= 0.3 is 0 Å². The Balaban J connectivity index is 1.80. The number of rotatable bonds is 4. The van der Waals surface area contributed by atoms with E-state index in [1.807, 2.05) is 11.8 Å². The van der Waals surface area contributed by atoms with Crippen molar-refractivity contribution in [2.24, 2.45) is 5.41 Å². The van der Waals surface area contributed by atoms with Crippen molar-refractivity contribution in [3.05, 3.63) is 0 Å². The second-order valence-corrected chi connectivity index (χ2v) is 6.72. The van der Waals surface area contributed by atoms with Crippen LogP contribution in [0.5, 0.6) is 0 Å². The molecule has 120 valence electrons. The minimum Gasteiger partial charge on any atom is -0.353 e. The van der Waals surface area contributed by atoms with Gasteiger partial charge in [0, 0.05) is 32.1 Å². The topological polar surface area (TPSA) is 61.4 Å². The highest BCUT2D eigenvalue weighted by molar-refractivity contribution is 5.83. The molecule has 2 heterocycles. The molecule has 2 aliphatic heterocycles. The lowest BCUT2D eigenvalue weighted by molar-refractivity contribution is -0.143. The predicted octanol–water partition coefficient (Wildman–Crippen LogP) is 1.28. The molecular weight excluding hydrogens is 266 g/mol. The van der Waals surface area contributed by atoms with Crippen LogP contribution >= 0.6 is 0 Å². The second kappa shape index (κ2) is 7.25. The van der Waals surface area contributed by atoms with Crippen molar-refractivity contribution in [3.8, 4) is 0 Å². The van der Waals surface area contributed by atoms with Crippen molar-refractivity contribution in [1.29, 1.82) is 0 Å². The van der Waals surface area contributed by atoms with E-state index in [1.54, 1.807) is 0 Å². The van der Waals surface area contributed by atoms with Gasteiger partial charge in [0.25, 0.3) is 0 Å². The van der Waals surface area contributed by atoms with Crippen molar-refractivity contribution in [2.45, 2.75) is 58.4 Å². The van der Waals surface area contributed by atoms with Gasteiger partial charge in [0.2, 0.25) is 11.8 Å². The summed E-state index contributed by atoms with van der Waals surface area (Å²) in [7, 11) is 0. The van der Waals surface area contributed by atoms with Crippen LogP contribution < -0.4 is 10.6 Å². The van der Waals surface area contributed by atoms with Crippen LogP contribution in [-0.2, 0) is 9.59 Å². The van der Waals surface area contributed by atoms with Crippen LogP contribution in [0, 0.1) is 5.41 Å². The molecule has 2 rings (SSSR count).